The fourth-order valence-corrected chi connectivity index (χ4v) is 0.179. The van der Waals surface area contributed by atoms with Gasteiger partial charge in [0.25, 0.3) is 0 Å². The molecule has 44 valence electrons. The molecule has 0 aliphatic rings. The molecule has 0 saturated carbocycles. The summed E-state index contributed by atoms with van der Waals surface area (Å²) in [4.78, 5) is 20.1. The van der Waals surface area contributed by atoms with Crippen LogP contribution in [0.3, 0.4) is 0 Å². The second-order valence-corrected chi connectivity index (χ2v) is 1.22. The minimum Gasteiger partial charge on any atom is -0.878 e. The Labute approximate surface area is 75.0 Å². The Hall–Kier alpha value is -0.120. The van der Waals surface area contributed by atoms with Crippen LogP contribution in [0, 0.1) is 0 Å². The van der Waals surface area contributed by atoms with Crippen LogP contribution >= 0.6 is 0 Å². The maximum Gasteiger partial charge on any atom is 1.00 e. The summed E-state index contributed by atoms with van der Waals surface area (Å²) in [5.41, 5.74) is 0. The second kappa shape index (κ2) is 6.01. The molecule has 0 aliphatic heterocycles. The van der Waals surface area contributed by atoms with E-state index >= 15 is 0 Å². The molecule has 9 heavy (non-hydrogen) atoms. The molecule has 0 saturated heterocycles. The first kappa shape index (κ1) is 11.6. The summed E-state index contributed by atoms with van der Waals surface area (Å²) in [6, 6.07) is 0. The summed E-state index contributed by atoms with van der Waals surface area (Å²) in [6.07, 6.45) is 0.992. The summed E-state index contributed by atoms with van der Waals surface area (Å²) < 4.78 is 0. The molecule has 0 heterocycles. The van der Waals surface area contributed by atoms with Gasteiger partial charge in [-0.2, -0.15) is 0 Å². The smallest absolute Gasteiger partial charge is 0.878 e. The largest absolute Gasteiger partial charge is 1.00 e. The van der Waals surface area contributed by atoms with Crippen molar-refractivity contribution in [1.29, 1.82) is 0 Å². The normalized spacial score (nSPS) is 8.56. The third-order valence-corrected chi connectivity index (χ3v) is 0.566. The van der Waals surface area contributed by atoms with E-state index in [-0.39, 0.29) is 29.6 Å². The van der Waals surface area contributed by atoms with Gasteiger partial charge < -0.3 is 5.11 Å². The van der Waals surface area contributed by atoms with E-state index in [0.717, 1.165) is 6.92 Å². The molecule has 0 aromatic heterocycles. The van der Waals surface area contributed by atoms with E-state index in [1.807, 2.05) is 0 Å². The van der Waals surface area contributed by atoms with Crippen molar-refractivity contribution < 1.29 is 44.3 Å². The van der Waals surface area contributed by atoms with E-state index in [1.54, 1.807) is 0 Å². The number of hydrogen-bond acceptors (Lipinski definition) is 3. The summed E-state index contributed by atoms with van der Waals surface area (Å²) in [7, 11) is 0. The number of ketones is 2. The molecule has 0 aromatic rings. The molecule has 0 unspecified atom stereocenters. The molecular formula is C5H5NaO3. The van der Waals surface area contributed by atoms with Crippen LogP contribution in [0.4, 0.5) is 0 Å². The molecule has 0 aliphatic carbocycles. The van der Waals surface area contributed by atoms with Crippen LogP contribution in [0.1, 0.15) is 6.92 Å². The number of allylic oxidation sites excluding steroid dienone is 1. The van der Waals surface area contributed by atoms with Gasteiger partial charge in [-0.1, -0.05) is 0 Å². The molecule has 0 spiro atoms. The SMILES string of the molecule is CC(=O)C(=O)/C=C/[O-].[Na+]. The van der Waals surface area contributed by atoms with Crippen LogP contribution < -0.4 is 34.7 Å². The molecule has 0 atom stereocenters. The van der Waals surface area contributed by atoms with Gasteiger partial charge in [-0.3, -0.25) is 9.59 Å². The van der Waals surface area contributed by atoms with Gasteiger partial charge >= 0.3 is 29.6 Å². The van der Waals surface area contributed by atoms with Crippen molar-refractivity contribution in [3.05, 3.63) is 12.3 Å². The van der Waals surface area contributed by atoms with Gasteiger partial charge in [0.2, 0.25) is 5.78 Å². The van der Waals surface area contributed by atoms with E-state index in [2.05, 4.69) is 0 Å². The molecule has 3 nitrogen and oxygen atoms in total. The molecule has 0 N–H and O–H groups in total. The Morgan fingerprint density at radius 1 is 1.44 bits per heavy atom. The number of rotatable bonds is 2. The maximum atomic E-state index is 10.1. The quantitative estimate of drug-likeness (QED) is 0.168. The van der Waals surface area contributed by atoms with Crippen molar-refractivity contribution in [3.8, 4) is 0 Å². The summed E-state index contributed by atoms with van der Waals surface area (Å²) in [5.74, 6) is -1.36. The molecular weight excluding hydrogens is 131 g/mol. The molecule has 0 amide bonds. The molecule has 0 fully saturated rings. The first-order chi connectivity index (χ1) is 3.68. The molecule has 0 rings (SSSR count). The van der Waals surface area contributed by atoms with Crippen molar-refractivity contribution >= 4 is 11.6 Å². The van der Waals surface area contributed by atoms with Crippen LogP contribution in [0.25, 0.3) is 0 Å². The Morgan fingerprint density at radius 2 is 1.89 bits per heavy atom. The number of Topliss-reactive ketones (excluding diaryl/α,β-unsaturated/α-hetero) is 1. The van der Waals surface area contributed by atoms with Gasteiger partial charge in [0.05, 0.1) is 0 Å². The topological polar surface area (TPSA) is 57.2 Å². The van der Waals surface area contributed by atoms with E-state index in [0.29, 0.717) is 12.3 Å². The third-order valence-electron chi connectivity index (χ3n) is 0.566. The third kappa shape index (κ3) is 5.76. The second-order valence-electron chi connectivity index (χ2n) is 1.22. The monoisotopic (exact) mass is 136 g/mol. The standard InChI is InChI=1S/C5H6O3.Na/c1-4(7)5(8)2-3-6;/h2-3,6H,1H3;/q;+1/p-1/b3-2+;. The fraction of sp³-hybridized carbons (Fsp3) is 0.200. The van der Waals surface area contributed by atoms with Crippen LogP contribution in [0.2, 0.25) is 0 Å². The van der Waals surface area contributed by atoms with Crippen LogP contribution in [0.5, 0.6) is 0 Å². The van der Waals surface area contributed by atoms with E-state index in [9.17, 15) is 14.7 Å². The number of hydrogen-bond donors (Lipinski definition) is 0. The maximum absolute atomic E-state index is 10.1. The predicted molar refractivity (Wildman–Crippen MR) is 24.8 cm³/mol. The Morgan fingerprint density at radius 3 is 2.00 bits per heavy atom. The van der Waals surface area contributed by atoms with Gasteiger partial charge in [-0.25, -0.2) is 0 Å². The van der Waals surface area contributed by atoms with Crippen molar-refractivity contribution in [2.75, 3.05) is 0 Å². The zero-order chi connectivity index (χ0) is 6.57. The van der Waals surface area contributed by atoms with Gasteiger partial charge in [-0.05, 0) is 6.08 Å². The van der Waals surface area contributed by atoms with Crippen molar-refractivity contribution in [2.45, 2.75) is 6.92 Å². The molecule has 0 bridgehead atoms. The predicted octanol–water partition coefficient (Wildman–Crippen LogP) is -3.98. The fourth-order valence-electron chi connectivity index (χ4n) is 0.179. The molecule has 4 heteroatoms. The van der Waals surface area contributed by atoms with Crippen molar-refractivity contribution in [2.24, 2.45) is 0 Å². The van der Waals surface area contributed by atoms with Gasteiger partial charge in [0, 0.05) is 6.92 Å². The minimum atomic E-state index is -0.750. The summed E-state index contributed by atoms with van der Waals surface area (Å²) in [5, 5.41) is 9.49. The van der Waals surface area contributed by atoms with Crippen LogP contribution in [0.15, 0.2) is 12.3 Å². The summed E-state index contributed by atoms with van der Waals surface area (Å²) >= 11 is 0. The number of carbonyl (C=O) groups excluding carboxylic acids is 2. The van der Waals surface area contributed by atoms with Crippen LogP contribution in [-0.4, -0.2) is 11.6 Å². The first-order valence-corrected chi connectivity index (χ1v) is 2.02. The zero-order valence-electron chi connectivity index (χ0n) is 5.38. The average molecular weight is 136 g/mol. The average Bonchev–Trinajstić information content (AvgIpc) is 1.67. The Kier molecular flexibility index (Phi) is 7.77. The van der Waals surface area contributed by atoms with Gasteiger partial charge in [0.1, 0.15) is 0 Å². The first-order valence-electron chi connectivity index (χ1n) is 2.02. The Bertz CT molecular complexity index is 139. The molecule has 0 radical (unpaired) electrons. The minimum absolute atomic E-state index is 0. The van der Waals surface area contributed by atoms with Crippen LogP contribution in [-0.2, 0) is 9.59 Å². The van der Waals surface area contributed by atoms with Crippen molar-refractivity contribution in [3.63, 3.8) is 0 Å². The summed E-state index contributed by atoms with van der Waals surface area (Å²) in [6.45, 7) is 1.11. The van der Waals surface area contributed by atoms with Gasteiger partial charge in [-0.15, -0.1) is 6.26 Å². The Balaban J connectivity index is 0. The number of carbonyl (C=O) groups is 2. The van der Waals surface area contributed by atoms with Crippen molar-refractivity contribution in [1.82, 2.24) is 0 Å². The zero-order valence-corrected chi connectivity index (χ0v) is 7.38. The van der Waals surface area contributed by atoms with E-state index < -0.39 is 11.6 Å². The van der Waals surface area contributed by atoms with E-state index in [4.69, 9.17) is 0 Å². The molecule has 0 aromatic carbocycles. The van der Waals surface area contributed by atoms with E-state index in [1.165, 1.54) is 0 Å². The van der Waals surface area contributed by atoms with Gasteiger partial charge in [0.15, 0.2) is 5.78 Å².